The summed E-state index contributed by atoms with van der Waals surface area (Å²) >= 11 is 1.45. The fourth-order valence-electron chi connectivity index (χ4n) is 2.75. The predicted octanol–water partition coefficient (Wildman–Crippen LogP) is 4.18. The lowest BCUT2D eigenvalue weighted by atomic mass is 10.1. The Kier molecular flexibility index (Phi) is 6.69. The maximum absolute atomic E-state index is 12.3. The molecule has 6 heteroatoms. The van der Waals surface area contributed by atoms with Crippen molar-refractivity contribution in [3.63, 3.8) is 0 Å². The Hall–Kier alpha value is -2.47. The Morgan fingerprint density at radius 1 is 1.31 bits per heavy atom. The molecular formula is C20H24N2O3S. The first-order chi connectivity index (χ1) is 12.4. The molecule has 0 aliphatic heterocycles. The molecule has 0 aliphatic carbocycles. The fourth-order valence-corrected chi connectivity index (χ4v) is 3.94. The third-order valence-corrected chi connectivity index (χ3v) is 5.37. The van der Waals surface area contributed by atoms with Crippen LogP contribution in [0.3, 0.4) is 0 Å². The van der Waals surface area contributed by atoms with Crippen molar-refractivity contribution in [3.05, 3.63) is 64.1 Å². The van der Waals surface area contributed by atoms with Crippen LogP contribution in [-0.2, 0) is 9.53 Å². The number of hydrogen-bond donors (Lipinski definition) is 0. The SMILES string of the molecule is C=CCN(C(C)=O)C(c1ccccc1)c1nc(C(=O)OC)c(C(C)C)s1. The van der Waals surface area contributed by atoms with Crippen LogP contribution in [0.1, 0.15) is 58.7 Å². The molecule has 0 saturated carbocycles. The molecule has 26 heavy (non-hydrogen) atoms. The maximum atomic E-state index is 12.3. The van der Waals surface area contributed by atoms with Crippen LogP contribution in [0.5, 0.6) is 0 Å². The van der Waals surface area contributed by atoms with E-state index in [4.69, 9.17) is 4.74 Å². The molecule has 138 valence electrons. The minimum atomic E-state index is -0.457. The summed E-state index contributed by atoms with van der Waals surface area (Å²) in [5.41, 5.74) is 1.26. The van der Waals surface area contributed by atoms with Gasteiger partial charge < -0.3 is 9.64 Å². The van der Waals surface area contributed by atoms with Crippen molar-refractivity contribution in [1.82, 2.24) is 9.88 Å². The number of amides is 1. The van der Waals surface area contributed by atoms with Crippen molar-refractivity contribution in [1.29, 1.82) is 0 Å². The summed E-state index contributed by atoms with van der Waals surface area (Å²) < 4.78 is 4.89. The van der Waals surface area contributed by atoms with Gasteiger partial charge in [-0.1, -0.05) is 50.3 Å². The van der Waals surface area contributed by atoms with E-state index in [2.05, 4.69) is 11.6 Å². The summed E-state index contributed by atoms with van der Waals surface area (Å²) in [5.74, 6) is -0.419. The number of ether oxygens (including phenoxy) is 1. The molecular weight excluding hydrogens is 348 g/mol. The highest BCUT2D eigenvalue weighted by atomic mass is 32.1. The molecule has 1 aromatic carbocycles. The number of nitrogens with zero attached hydrogens (tertiary/aromatic N) is 2. The summed E-state index contributed by atoms with van der Waals surface area (Å²) in [5, 5.41) is 0.692. The van der Waals surface area contributed by atoms with Crippen molar-refractivity contribution in [3.8, 4) is 0 Å². The Labute approximate surface area is 158 Å². The van der Waals surface area contributed by atoms with Crippen LogP contribution < -0.4 is 0 Å². The van der Waals surface area contributed by atoms with Gasteiger partial charge in [0, 0.05) is 18.3 Å². The average molecular weight is 372 g/mol. The molecule has 1 atom stereocenters. The lowest BCUT2D eigenvalue weighted by Gasteiger charge is -2.29. The van der Waals surface area contributed by atoms with Crippen LogP contribution in [-0.4, -0.2) is 35.4 Å². The molecule has 2 rings (SSSR count). The van der Waals surface area contributed by atoms with Gasteiger partial charge in [-0.15, -0.1) is 17.9 Å². The maximum Gasteiger partial charge on any atom is 0.357 e. The van der Waals surface area contributed by atoms with E-state index in [0.29, 0.717) is 17.2 Å². The predicted molar refractivity (Wildman–Crippen MR) is 103 cm³/mol. The van der Waals surface area contributed by atoms with Crippen LogP contribution in [0.15, 0.2) is 43.0 Å². The van der Waals surface area contributed by atoms with Crippen molar-refractivity contribution in [2.24, 2.45) is 0 Å². The van der Waals surface area contributed by atoms with Crippen LogP contribution in [0, 0.1) is 0 Å². The second kappa shape index (κ2) is 8.76. The number of esters is 1. The van der Waals surface area contributed by atoms with Gasteiger partial charge in [-0.05, 0) is 11.5 Å². The van der Waals surface area contributed by atoms with Gasteiger partial charge in [0.15, 0.2) is 5.69 Å². The van der Waals surface area contributed by atoms with E-state index in [-0.39, 0.29) is 17.9 Å². The normalized spacial score (nSPS) is 11.9. The molecule has 2 aromatic rings. The van der Waals surface area contributed by atoms with Gasteiger partial charge in [0.25, 0.3) is 0 Å². The number of hydrogen-bond acceptors (Lipinski definition) is 5. The monoisotopic (exact) mass is 372 g/mol. The van der Waals surface area contributed by atoms with E-state index in [9.17, 15) is 9.59 Å². The Morgan fingerprint density at radius 3 is 2.46 bits per heavy atom. The molecule has 0 spiro atoms. The van der Waals surface area contributed by atoms with Crippen LogP contribution in [0.2, 0.25) is 0 Å². The van der Waals surface area contributed by atoms with E-state index < -0.39 is 5.97 Å². The molecule has 1 amide bonds. The Balaban J connectivity index is 2.64. The highest BCUT2D eigenvalue weighted by Gasteiger charge is 2.30. The van der Waals surface area contributed by atoms with Crippen molar-refractivity contribution < 1.29 is 14.3 Å². The highest BCUT2D eigenvalue weighted by molar-refractivity contribution is 7.12. The second-order valence-electron chi connectivity index (χ2n) is 6.18. The molecule has 1 heterocycles. The van der Waals surface area contributed by atoms with Crippen molar-refractivity contribution in [2.45, 2.75) is 32.7 Å². The second-order valence-corrected chi connectivity index (χ2v) is 7.25. The molecule has 0 fully saturated rings. The van der Waals surface area contributed by atoms with Gasteiger partial charge in [0.2, 0.25) is 5.91 Å². The van der Waals surface area contributed by atoms with Crippen molar-refractivity contribution in [2.75, 3.05) is 13.7 Å². The number of carbonyl (C=O) groups excluding carboxylic acids is 2. The number of carbonyl (C=O) groups is 2. The molecule has 0 N–H and O–H groups in total. The van der Waals surface area contributed by atoms with E-state index in [1.807, 2.05) is 44.2 Å². The van der Waals surface area contributed by atoms with Crippen LogP contribution in [0.4, 0.5) is 0 Å². The lowest BCUT2D eigenvalue weighted by molar-refractivity contribution is -0.129. The lowest BCUT2D eigenvalue weighted by Crippen LogP contribution is -2.34. The third kappa shape index (κ3) is 4.19. The molecule has 1 aromatic heterocycles. The van der Waals surface area contributed by atoms with Crippen LogP contribution >= 0.6 is 11.3 Å². The van der Waals surface area contributed by atoms with E-state index in [1.54, 1.807) is 11.0 Å². The van der Waals surface area contributed by atoms with Gasteiger partial charge >= 0.3 is 5.97 Å². The third-order valence-electron chi connectivity index (χ3n) is 3.96. The number of benzene rings is 1. The number of aromatic nitrogens is 1. The van der Waals surface area contributed by atoms with Gasteiger partial charge in [0.05, 0.1) is 7.11 Å². The minimum Gasteiger partial charge on any atom is -0.464 e. The average Bonchev–Trinajstić information content (AvgIpc) is 3.06. The summed E-state index contributed by atoms with van der Waals surface area (Å²) in [7, 11) is 1.35. The number of rotatable bonds is 7. The standard InChI is InChI=1S/C20H24N2O3S/c1-6-12-22(14(4)23)17(15-10-8-7-9-11-15)19-21-16(20(24)25-5)18(26-19)13(2)3/h6-11,13,17H,1,12H2,2-5H3. The van der Waals surface area contributed by atoms with Gasteiger partial charge in [-0.25, -0.2) is 9.78 Å². The largest absolute Gasteiger partial charge is 0.464 e. The molecule has 0 saturated heterocycles. The summed E-state index contributed by atoms with van der Waals surface area (Å²) in [4.78, 5) is 31.6. The molecule has 1 unspecified atom stereocenters. The van der Waals surface area contributed by atoms with E-state index in [1.165, 1.54) is 25.4 Å². The van der Waals surface area contributed by atoms with Crippen LogP contribution in [0.25, 0.3) is 0 Å². The first-order valence-electron chi connectivity index (χ1n) is 8.42. The summed E-state index contributed by atoms with van der Waals surface area (Å²) in [6.45, 7) is 9.69. The first kappa shape index (κ1) is 19.8. The zero-order valence-electron chi connectivity index (χ0n) is 15.6. The van der Waals surface area contributed by atoms with Gasteiger partial charge in [-0.3, -0.25) is 4.79 Å². The first-order valence-corrected chi connectivity index (χ1v) is 9.24. The highest BCUT2D eigenvalue weighted by Crippen LogP contribution is 2.36. The van der Waals surface area contributed by atoms with E-state index in [0.717, 1.165) is 10.4 Å². The van der Waals surface area contributed by atoms with Crippen molar-refractivity contribution >= 4 is 23.2 Å². The Morgan fingerprint density at radius 2 is 1.96 bits per heavy atom. The number of thiazole rings is 1. The summed E-state index contributed by atoms with van der Waals surface area (Å²) in [6.07, 6.45) is 1.69. The summed E-state index contributed by atoms with van der Waals surface area (Å²) in [6, 6.07) is 9.30. The molecule has 5 nitrogen and oxygen atoms in total. The number of methoxy groups -OCH3 is 1. The zero-order valence-corrected chi connectivity index (χ0v) is 16.4. The molecule has 0 bridgehead atoms. The molecule has 0 radical (unpaired) electrons. The fraction of sp³-hybridized carbons (Fsp3) is 0.350. The smallest absolute Gasteiger partial charge is 0.357 e. The van der Waals surface area contributed by atoms with Gasteiger partial charge in [-0.2, -0.15) is 0 Å². The Bertz CT molecular complexity index is 784. The topological polar surface area (TPSA) is 59.5 Å². The quantitative estimate of drug-likeness (QED) is 0.540. The molecule has 0 aliphatic rings. The minimum absolute atomic E-state index is 0.0836. The van der Waals surface area contributed by atoms with E-state index >= 15 is 0 Å². The zero-order chi connectivity index (χ0) is 19.3. The van der Waals surface area contributed by atoms with Gasteiger partial charge in [0.1, 0.15) is 11.0 Å².